The molecule has 0 saturated heterocycles. The maximum Gasteiger partial charge on any atom is 0.191 e. The minimum atomic E-state index is -0.0114. The molecule has 0 aliphatic carbocycles. The van der Waals surface area contributed by atoms with E-state index in [1.807, 2.05) is 25.1 Å². The Bertz CT molecular complexity index is 455. The number of benzene rings is 1. The van der Waals surface area contributed by atoms with Gasteiger partial charge in [0.15, 0.2) is 5.96 Å². The van der Waals surface area contributed by atoms with Gasteiger partial charge in [0.05, 0.1) is 6.54 Å². The van der Waals surface area contributed by atoms with Gasteiger partial charge in [0.25, 0.3) is 0 Å². The van der Waals surface area contributed by atoms with Crippen LogP contribution in [0.5, 0.6) is 5.75 Å². The summed E-state index contributed by atoms with van der Waals surface area (Å²) in [6.45, 7) is 11.1. The number of hydrogen-bond acceptors (Lipinski definition) is 2. The Hall–Kier alpha value is -0.980. The van der Waals surface area contributed by atoms with Crippen LogP contribution in [0.3, 0.4) is 0 Å². The predicted octanol–water partition coefficient (Wildman–Crippen LogP) is 3.34. The highest BCUT2D eigenvalue weighted by atomic mass is 127. The summed E-state index contributed by atoms with van der Waals surface area (Å²) in [7, 11) is 1.77. The van der Waals surface area contributed by atoms with E-state index in [4.69, 9.17) is 4.74 Å². The summed E-state index contributed by atoms with van der Waals surface area (Å²) in [5.41, 5.74) is 1.19. The highest BCUT2D eigenvalue weighted by molar-refractivity contribution is 14.0. The summed E-state index contributed by atoms with van der Waals surface area (Å²) in [5, 5.41) is 6.59. The van der Waals surface area contributed by atoms with Crippen molar-refractivity contribution in [3.63, 3.8) is 0 Å². The van der Waals surface area contributed by atoms with E-state index < -0.39 is 0 Å². The highest BCUT2D eigenvalue weighted by Gasteiger charge is 2.12. The standard InChI is InChI=1S/C16H27N3O.HI/c1-12-8-7-9-14(10-12)20-13(2)11-18-15(17-6)19-16(3,4)5;/h7-10,13H,11H2,1-6H3,(H2,17,18,19);1H. The van der Waals surface area contributed by atoms with Gasteiger partial charge in [-0.25, -0.2) is 0 Å². The Morgan fingerprint density at radius 1 is 1.33 bits per heavy atom. The first kappa shape index (κ1) is 20.0. The van der Waals surface area contributed by atoms with Crippen LogP contribution in [0.25, 0.3) is 0 Å². The molecule has 2 N–H and O–H groups in total. The fourth-order valence-electron chi connectivity index (χ4n) is 1.74. The molecule has 0 aromatic heterocycles. The first-order chi connectivity index (χ1) is 9.30. The van der Waals surface area contributed by atoms with Gasteiger partial charge >= 0.3 is 0 Å². The van der Waals surface area contributed by atoms with E-state index in [2.05, 4.69) is 49.4 Å². The van der Waals surface area contributed by atoms with Crippen molar-refractivity contribution in [2.75, 3.05) is 13.6 Å². The number of ether oxygens (including phenoxy) is 1. The normalized spacial score (nSPS) is 13.1. The topological polar surface area (TPSA) is 45.7 Å². The zero-order chi connectivity index (χ0) is 15.2. The van der Waals surface area contributed by atoms with Gasteiger partial charge in [-0.1, -0.05) is 12.1 Å². The first-order valence-corrected chi connectivity index (χ1v) is 7.02. The second kappa shape index (κ2) is 9.12. The molecule has 1 unspecified atom stereocenters. The molecule has 5 heteroatoms. The zero-order valence-electron chi connectivity index (χ0n) is 13.9. The van der Waals surface area contributed by atoms with E-state index in [1.165, 1.54) is 5.56 Å². The molecule has 1 rings (SSSR count). The molecule has 0 aliphatic rings. The number of nitrogens with zero attached hydrogens (tertiary/aromatic N) is 1. The number of guanidine groups is 1. The molecule has 0 bridgehead atoms. The van der Waals surface area contributed by atoms with Crippen LogP contribution in [0.2, 0.25) is 0 Å². The van der Waals surface area contributed by atoms with E-state index in [-0.39, 0.29) is 35.6 Å². The first-order valence-electron chi connectivity index (χ1n) is 7.02. The molecule has 0 heterocycles. The molecule has 0 saturated carbocycles. The summed E-state index contributed by atoms with van der Waals surface area (Å²) >= 11 is 0. The van der Waals surface area contributed by atoms with Gasteiger partial charge < -0.3 is 15.4 Å². The van der Waals surface area contributed by atoms with Gasteiger partial charge in [-0.15, -0.1) is 24.0 Å². The smallest absolute Gasteiger partial charge is 0.191 e. The minimum absolute atomic E-state index is 0. The van der Waals surface area contributed by atoms with Crippen molar-refractivity contribution < 1.29 is 4.74 Å². The minimum Gasteiger partial charge on any atom is -0.489 e. The SMILES string of the molecule is CN=C(NCC(C)Oc1cccc(C)c1)NC(C)(C)C.I. The lowest BCUT2D eigenvalue weighted by Crippen LogP contribution is -2.49. The Balaban J connectivity index is 0.00000400. The zero-order valence-corrected chi connectivity index (χ0v) is 16.2. The molecule has 0 fully saturated rings. The van der Waals surface area contributed by atoms with Gasteiger partial charge in [-0.3, -0.25) is 4.99 Å². The molecule has 0 spiro atoms. The quantitative estimate of drug-likeness (QED) is 0.459. The van der Waals surface area contributed by atoms with Gasteiger partial charge in [-0.05, 0) is 52.3 Å². The fraction of sp³-hybridized carbons (Fsp3) is 0.562. The van der Waals surface area contributed by atoms with Gasteiger partial charge in [0, 0.05) is 12.6 Å². The van der Waals surface area contributed by atoms with Crippen LogP contribution in [0.15, 0.2) is 29.3 Å². The molecule has 1 aromatic rings. The number of halogens is 1. The maximum absolute atomic E-state index is 5.87. The molecular formula is C16H28IN3O. The van der Waals surface area contributed by atoms with Crippen LogP contribution in [0.1, 0.15) is 33.3 Å². The summed E-state index contributed by atoms with van der Waals surface area (Å²) in [6.07, 6.45) is 0.0651. The number of aliphatic imine (C=N–C) groups is 1. The third-order valence-electron chi connectivity index (χ3n) is 2.60. The Morgan fingerprint density at radius 2 is 2.00 bits per heavy atom. The van der Waals surface area contributed by atoms with Crippen LogP contribution < -0.4 is 15.4 Å². The summed E-state index contributed by atoms with van der Waals surface area (Å²) in [6, 6.07) is 8.08. The molecule has 0 aliphatic heterocycles. The van der Waals surface area contributed by atoms with E-state index in [1.54, 1.807) is 7.05 Å². The second-order valence-electron chi connectivity index (χ2n) is 6.07. The van der Waals surface area contributed by atoms with Gasteiger partial charge in [0.2, 0.25) is 0 Å². The molecule has 21 heavy (non-hydrogen) atoms. The van der Waals surface area contributed by atoms with Crippen molar-refractivity contribution in [2.24, 2.45) is 4.99 Å². The van der Waals surface area contributed by atoms with Gasteiger partial charge in [-0.2, -0.15) is 0 Å². The Morgan fingerprint density at radius 3 is 2.52 bits per heavy atom. The Labute approximate surface area is 145 Å². The van der Waals surface area contributed by atoms with E-state index in [0.29, 0.717) is 6.54 Å². The molecule has 0 radical (unpaired) electrons. The van der Waals surface area contributed by atoms with Crippen molar-refractivity contribution in [1.82, 2.24) is 10.6 Å². The van der Waals surface area contributed by atoms with Crippen LogP contribution in [0, 0.1) is 6.92 Å². The molecule has 0 amide bonds. The summed E-state index contributed by atoms with van der Waals surface area (Å²) in [4.78, 5) is 4.21. The lowest BCUT2D eigenvalue weighted by molar-refractivity contribution is 0.223. The van der Waals surface area contributed by atoms with E-state index >= 15 is 0 Å². The van der Waals surface area contributed by atoms with E-state index in [9.17, 15) is 0 Å². The predicted molar refractivity (Wildman–Crippen MR) is 101 cm³/mol. The van der Waals surface area contributed by atoms with Crippen LogP contribution >= 0.6 is 24.0 Å². The molecule has 1 atom stereocenters. The van der Waals surface area contributed by atoms with Crippen molar-refractivity contribution in [3.8, 4) is 5.75 Å². The van der Waals surface area contributed by atoms with Crippen molar-refractivity contribution >= 4 is 29.9 Å². The van der Waals surface area contributed by atoms with Crippen molar-refractivity contribution in [3.05, 3.63) is 29.8 Å². The lowest BCUT2D eigenvalue weighted by atomic mass is 10.1. The molecule has 1 aromatic carbocycles. The number of nitrogens with one attached hydrogen (secondary N) is 2. The second-order valence-corrected chi connectivity index (χ2v) is 6.07. The number of aryl methyl sites for hydroxylation is 1. The van der Waals surface area contributed by atoms with Crippen molar-refractivity contribution in [2.45, 2.75) is 46.3 Å². The average molecular weight is 405 g/mol. The third kappa shape index (κ3) is 8.80. The average Bonchev–Trinajstić information content (AvgIpc) is 2.33. The molecule has 4 nitrogen and oxygen atoms in total. The Kier molecular flexibility index (Phi) is 8.70. The largest absolute Gasteiger partial charge is 0.489 e. The maximum atomic E-state index is 5.87. The van der Waals surface area contributed by atoms with Gasteiger partial charge in [0.1, 0.15) is 11.9 Å². The molecule has 120 valence electrons. The summed E-state index contributed by atoms with van der Waals surface area (Å²) in [5.74, 6) is 1.69. The highest BCUT2D eigenvalue weighted by Crippen LogP contribution is 2.13. The summed E-state index contributed by atoms with van der Waals surface area (Å²) < 4.78 is 5.87. The van der Waals surface area contributed by atoms with Crippen LogP contribution in [-0.2, 0) is 0 Å². The number of rotatable bonds is 4. The third-order valence-corrected chi connectivity index (χ3v) is 2.60. The fourth-order valence-corrected chi connectivity index (χ4v) is 1.74. The van der Waals surface area contributed by atoms with E-state index in [0.717, 1.165) is 11.7 Å². The van der Waals surface area contributed by atoms with Crippen LogP contribution in [-0.4, -0.2) is 31.2 Å². The lowest BCUT2D eigenvalue weighted by Gasteiger charge is -2.25. The van der Waals surface area contributed by atoms with Crippen LogP contribution in [0.4, 0.5) is 0 Å². The van der Waals surface area contributed by atoms with Crippen molar-refractivity contribution in [1.29, 1.82) is 0 Å². The number of hydrogen-bond donors (Lipinski definition) is 2. The molecular weight excluding hydrogens is 377 g/mol. The monoisotopic (exact) mass is 405 g/mol.